The summed E-state index contributed by atoms with van der Waals surface area (Å²) >= 11 is 0. The molecule has 2 aromatic rings. The molecule has 0 aliphatic rings. The Kier molecular flexibility index (Phi) is 5.57. The second-order valence-corrected chi connectivity index (χ2v) is 5.68. The Morgan fingerprint density at radius 3 is 1.85 bits per heavy atom. The monoisotopic (exact) mass is 354 g/mol. The number of carbonyl (C=O) groups is 3. The second-order valence-electron chi connectivity index (χ2n) is 5.68. The number of hydrogen-bond donors (Lipinski definition) is 0. The van der Waals surface area contributed by atoms with Crippen LogP contribution < -0.4 is 14.2 Å². The zero-order valence-electron chi connectivity index (χ0n) is 14.8. The number of rotatable bonds is 5. The normalized spacial score (nSPS) is 10.1. The van der Waals surface area contributed by atoms with Gasteiger partial charge in [0.2, 0.25) is 0 Å². The number of esters is 3. The lowest BCUT2D eigenvalue weighted by Gasteiger charge is -2.16. The second kappa shape index (κ2) is 7.65. The van der Waals surface area contributed by atoms with Crippen LogP contribution in [0.3, 0.4) is 0 Å². The standard InChI is InChI=1S/C20H18O6/c1-11(2)19(22)25-17-10-16(24-13(5)21)14-8-6-7-9-15(14)18(17)26-20(23)12(3)4/h6-10H,1,3H2,2,4-5H3. The van der Waals surface area contributed by atoms with Crippen molar-refractivity contribution in [3.63, 3.8) is 0 Å². The molecule has 0 spiro atoms. The van der Waals surface area contributed by atoms with Crippen molar-refractivity contribution in [1.82, 2.24) is 0 Å². The average Bonchev–Trinajstić information content (AvgIpc) is 2.57. The third kappa shape index (κ3) is 4.16. The molecule has 0 fully saturated rings. The van der Waals surface area contributed by atoms with E-state index < -0.39 is 17.9 Å². The topological polar surface area (TPSA) is 78.9 Å². The van der Waals surface area contributed by atoms with Crippen LogP contribution in [-0.2, 0) is 14.4 Å². The fourth-order valence-electron chi connectivity index (χ4n) is 2.08. The van der Waals surface area contributed by atoms with E-state index in [4.69, 9.17) is 14.2 Å². The average molecular weight is 354 g/mol. The molecule has 26 heavy (non-hydrogen) atoms. The van der Waals surface area contributed by atoms with E-state index in [0.29, 0.717) is 10.8 Å². The Morgan fingerprint density at radius 2 is 1.31 bits per heavy atom. The molecule has 0 bridgehead atoms. The van der Waals surface area contributed by atoms with Gasteiger partial charge in [-0.3, -0.25) is 4.79 Å². The molecule has 0 aliphatic carbocycles. The van der Waals surface area contributed by atoms with Crippen molar-refractivity contribution in [3.8, 4) is 17.2 Å². The first-order valence-electron chi connectivity index (χ1n) is 7.70. The number of hydrogen-bond acceptors (Lipinski definition) is 6. The van der Waals surface area contributed by atoms with Crippen molar-refractivity contribution >= 4 is 28.7 Å². The maximum atomic E-state index is 12.0. The van der Waals surface area contributed by atoms with Gasteiger partial charge in [0.25, 0.3) is 0 Å². The van der Waals surface area contributed by atoms with Gasteiger partial charge in [-0.2, -0.15) is 0 Å². The maximum Gasteiger partial charge on any atom is 0.338 e. The number of carbonyl (C=O) groups excluding carboxylic acids is 3. The van der Waals surface area contributed by atoms with Crippen LogP contribution in [0, 0.1) is 0 Å². The van der Waals surface area contributed by atoms with E-state index >= 15 is 0 Å². The summed E-state index contributed by atoms with van der Waals surface area (Å²) in [6.07, 6.45) is 0. The van der Waals surface area contributed by atoms with Crippen molar-refractivity contribution in [1.29, 1.82) is 0 Å². The zero-order valence-corrected chi connectivity index (χ0v) is 14.8. The van der Waals surface area contributed by atoms with Crippen LogP contribution in [0.5, 0.6) is 17.2 Å². The lowest BCUT2D eigenvalue weighted by molar-refractivity contribution is -0.132. The summed E-state index contributed by atoms with van der Waals surface area (Å²) in [6, 6.07) is 8.12. The molecule has 6 nitrogen and oxygen atoms in total. The predicted octanol–water partition coefficient (Wildman–Crippen LogP) is 3.73. The first-order valence-corrected chi connectivity index (χ1v) is 7.70. The fraction of sp³-hybridized carbons (Fsp3) is 0.150. The largest absolute Gasteiger partial charge is 0.426 e. The molecule has 2 rings (SSSR count). The molecule has 0 aromatic heterocycles. The third-order valence-electron chi connectivity index (χ3n) is 3.27. The molecule has 0 heterocycles. The highest BCUT2D eigenvalue weighted by Gasteiger charge is 2.21. The summed E-state index contributed by atoms with van der Waals surface area (Å²) in [7, 11) is 0. The van der Waals surface area contributed by atoms with Crippen LogP contribution in [0.15, 0.2) is 54.6 Å². The van der Waals surface area contributed by atoms with E-state index in [2.05, 4.69) is 13.2 Å². The molecule has 6 heteroatoms. The van der Waals surface area contributed by atoms with E-state index in [1.54, 1.807) is 24.3 Å². The van der Waals surface area contributed by atoms with Gasteiger partial charge in [-0.15, -0.1) is 0 Å². The van der Waals surface area contributed by atoms with E-state index in [1.165, 1.54) is 26.8 Å². The summed E-state index contributed by atoms with van der Waals surface area (Å²) in [5.41, 5.74) is 0.333. The highest BCUT2D eigenvalue weighted by molar-refractivity contribution is 6.01. The van der Waals surface area contributed by atoms with Gasteiger partial charge in [0.05, 0.1) is 0 Å². The molecular weight excluding hydrogens is 336 g/mol. The van der Waals surface area contributed by atoms with Crippen molar-refractivity contribution < 1.29 is 28.6 Å². The van der Waals surface area contributed by atoms with E-state index in [-0.39, 0.29) is 28.4 Å². The lowest BCUT2D eigenvalue weighted by atomic mass is 10.1. The number of ether oxygens (including phenoxy) is 3. The van der Waals surface area contributed by atoms with Gasteiger partial charge in [0, 0.05) is 34.9 Å². The molecule has 2 aromatic carbocycles. The predicted molar refractivity (Wildman–Crippen MR) is 96.2 cm³/mol. The highest BCUT2D eigenvalue weighted by atomic mass is 16.6. The Balaban J connectivity index is 2.72. The highest BCUT2D eigenvalue weighted by Crippen LogP contribution is 2.42. The quantitative estimate of drug-likeness (QED) is 0.462. The van der Waals surface area contributed by atoms with Crippen LogP contribution in [0.2, 0.25) is 0 Å². The van der Waals surface area contributed by atoms with Crippen LogP contribution in [-0.4, -0.2) is 17.9 Å². The van der Waals surface area contributed by atoms with Gasteiger partial charge in [0.15, 0.2) is 11.5 Å². The van der Waals surface area contributed by atoms with E-state index in [1.807, 2.05) is 0 Å². The molecule has 0 N–H and O–H groups in total. The Morgan fingerprint density at radius 1 is 0.769 bits per heavy atom. The Hall–Kier alpha value is -3.41. The summed E-state index contributed by atoms with van der Waals surface area (Å²) in [5, 5.41) is 0.952. The third-order valence-corrected chi connectivity index (χ3v) is 3.27. The van der Waals surface area contributed by atoms with E-state index in [9.17, 15) is 14.4 Å². The van der Waals surface area contributed by atoms with E-state index in [0.717, 1.165) is 0 Å². The van der Waals surface area contributed by atoms with Crippen LogP contribution in [0.4, 0.5) is 0 Å². The minimum Gasteiger partial charge on any atom is -0.426 e. The maximum absolute atomic E-state index is 12.0. The Labute approximate surface area is 150 Å². The molecule has 0 radical (unpaired) electrons. The molecule has 0 saturated heterocycles. The molecular formula is C20H18O6. The summed E-state index contributed by atoms with van der Waals surface area (Å²) in [6.45, 7) is 11.3. The van der Waals surface area contributed by atoms with Crippen LogP contribution in [0.25, 0.3) is 10.8 Å². The van der Waals surface area contributed by atoms with Crippen molar-refractivity contribution in [2.75, 3.05) is 0 Å². The molecule has 134 valence electrons. The lowest BCUT2D eigenvalue weighted by Crippen LogP contribution is -2.13. The SMILES string of the molecule is C=C(C)C(=O)Oc1cc(OC(C)=O)c2ccccc2c1OC(=O)C(=C)C. The van der Waals surface area contributed by atoms with Gasteiger partial charge < -0.3 is 14.2 Å². The fourth-order valence-corrected chi connectivity index (χ4v) is 2.08. The number of fused-ring (bicyclic) bond motifs is 1. The van der Waals surface area contributed by atoms with Gasteiger partial charge in [-0.1, -0.05) is 37.4 Å². The molecule has 0 amide bonds. The van der Waals surface area contributed by atoms with Gasteiger partial charge in [-0.05, 0) is 13.8 Å². The van der Waals surface area contributed by atoms with Crippen molar-refractivity contribution in [3.05, 3.63) is 54.6 Å². The minimum absolute atomic E-state index is 0.0269. The molecule has 0 saturated carbocycles. The van der Waals surface area contributed by atoms with Crippen molar-refractivity contribution in [2.45, 2.75) is 20.8 Å². The molecule has 0 atom stereocenters. The number of benzene rings is 2. The first kappa shape index (κ1) is 18.9. The smallest absolute Gasteiger partial charge is 0.338 e. The summed E-state index contributed by atoms with van der Waals surface area (Å²) < 4.78 is 15.9. The summed E-state index contributed by atoms with van der Waals surface area (Å²) in [5.74, 6) is -1.79. The minimum atomic E-state index is -0.707. The first-order chi connectivity index (χ1) is 12.2. The summed E-state index contributed by atoms with van der Waals surface area (Å²) in [4.78, 5) is 35.4. The van der Waals surface area contributed by atoms with Gasteiger partial charge in [-0.25, -0.2) is 9.59 Å². The van der Waals surface area contributed by atoms with Crippen LogP contribution in [0.1, 0.15) is 20.8 Å². The molecule has 0 unspecified atom stereocenters. The Bertz CT molecular complexity index is 939. The van der Waals surface area contributed by atoms with Gasteiger partial charge >= 0.3 is 17.9 Å². The molecule has 0 aliphatic heterocycles. The van der Waals surface area contributed by atoms with Crippen molar-refractivity contribution in [2.24, 2.45) is 0 Å². The zero-order chi connectivity index (χ0) is 19.4. The van der Waals surface area contributed by atoms with Crippen LogP contribution >= 0.6 is 0 Å². The van der Waals surface area contributed by atoms with Gasteiger partial charge in [0.1, 0.15) is 5.75 Å².